The fraction of sp³-hybridized carbons (Fsp3) is 0.632. The molecule has 0 aromatic heterocycles. The molecule has 5 nitrogen and oxygen atoms in total. The predicted octanol–water partition coefficient (Wildman–Crippen LogP) is 1.99. The van der Waals surface area contributed by atoms with Gasteiger partial charge in [0.05, 0.1) is 6.61 Å². The summed E-state index contributed by atoms with van der Waals surface area (Å²) in [5, 5.41) is 3.01. The quantitative estimate of drug-likeness (QED) is 0.665. The van der Waals surface area contributed by atoms with Gasteiger partial charge in [0.15, 0.2) is 0 Å². The number of ether oxygens (including phenoxy) is 1. The van der Waals surface area contributed by atoms with E-state index in [1.165, 1.54) is 13.1 Å². The van der Waals surface area contributed by atoms with Crippen molar-refractivity contribution in [3.05, 3.63) is 30.3 Å². The predicted molar refractivity (Wildman–Crippen MR) is 97.4 cm³/mol. The van der Waals surface area contributed by atoms with Gasteiger partial charge in [-0.1, -0.05) is 25.1 Å². The Morgan fingerprint density at radius 3 is 2.50 bits per heavy atom. The number of rotatable bonds is 10. The van der Waals surface area contributed by atoms with Crippen LogP contribution in [0.1, 0.15) is 26.2 Å². The van der Waals surface area contributed by atoms with Crippen molar-refractivity contribution in [3.8, 4) is 5.75 Å². The summed E-state index contributed by atoms with van der Waals surface area (Å²) in [5.41, 5.74) is 0. The maximum Gasteiger partial charge on any atom is 0.220 e. The van der Waals surface area contributed by atoms with Crippen molar-refractivity contribution in [2.24, 2.45) is 0 Å². The van der Waals surface area contributed by atoms with Crippen molar-refractivity contribution >= 4 is 5.91 Å². The average Bonchev–Trinajstić information content (AvgIpc) is 2.64. The first-order valence-corrected chi connectivity index (χ1v) is 9.17. The molecule has 1 fully saturated rings. The maximum absolute atomic E-state index is 11.8. The zero-order valence-electron chi connectivity index (χ0n) is 14.9. The largest absolute Gasteiger partial charge is 0.494 e. The fourth-order valence-corrected chi connectivity index (χ4v) is 2.89. The summed E-state index contributed by atoms with van der Waals surface area (Å²) in [4.78, 5) is 16.8. The van der Waals surface area contributed by atoms with Crippen LogP contribution in [-0.4, -0.2) is 68.1 Å². The Labute approximate surface area is 146 Å². The first-order chi connectivity index (χ1) is 11.8. The Hall–Kier alpha value is -1.59. The molecule has 1 aliphatic rings. The van der Waals surface area contributed by atoms with Crippen LogP contribution in [0, 0.1) is 0 Å². The van der Waals surface area contributed by atoms with E-state index in [2.05, 4.69) is 22.0 Å². The Bertz CT molecular complexity index is 459. The Kier molecular flexibility index (Phi) is 8.63. The first kappa shape index (κ1) is 18.7. The molecule has 2 rings (SSSR count). The van der Waals surface area contributed by atoms with Crippen LogP contribution in [0.15, 0.2) is 30.3 Å². The SMILES string of the molecule is CCN1CCN(CCCNC(=O)CCCOc2ccccc2)CC1. The van der Waals surface area contributed by atoms with Crippen LogP contribution in [0.5, 0.6) is 5.75 Å². The van der Waals surface area contributed by atoms with Crippen LogP contribution in [0.2, 0.25) is 0 Å². The molecular weight excluding hydrogens is 302 g/mol. The number of hydrogen-bond acceptors (Lipinski definition) is 4. The van der Waals surface area contributed by atoms with Crippen molar-refractivity contribution in [1.82, 2.24) is 15.1 Å². The zero-order valence-corrected chi connectivity index (χ0v) is 14.9. The van der Waals surface area contributed by atoms with Gasteiger partial charge in [-0.3, -0.25) is 4.79 Å². The molecule has 1 amide bonds. The third kappa shape index (κ3) is 7.32. The number of benzene rings is 1. The molecule has 0 bridgehead atoms. The second-order valence-corrected chi connectivity index (χ2v) is 6.24. The lowest BCUT2D eigenvalue weighted by Gasteiger charge is -2.33. The van der Waals surface area contributed by atoms with Crippen LogP contribution >= 0.6 is 0 Å². The van der Waals surface area contributed by atoms with Crippen LogP contribution < -0.4 is 10.1 Å². The van der Waals surface area contributed by atoms with Crippen LogP contribution in [-0.2, 0) is 4.79 Å². The number of carbonyl (C=O) groups excluding carboxylic acids is 1. The summed E-state index contributed by atoms with van der Waals surface area (Å²) in [6, 6.07) is 9.72. The number of piperazine rings is 1. The Balaban J connectivity index is 1.44. The topological polar surface area (TPSA) is 44.8 Å². The number of para-hydroxylation sites is 1. The number of hydrogen-bond donors (Lipinski definition) is 1. The molecule has 0 radical (unpaired) electrons. The summed E-state index contributed by atoms with van der Waals surface area (Å²) < 4.78 is 5.59. The highest BCUT2D eigenvalue weighted by Gasteiger charge is 2.14. The van der Waals surface area contributed by atoms with Crippen LogP contribution in [0.4, 0.5) is 0 Å². The van der Waals surface area contributed by atoms with E-state index in [4.69, 9.17) is 4.74 Å². The smallest absolute Gasteiger partial charge is 0.220 e. The molecule has 24 heavy (non-hydrogen) atoms. The van der Waals surface area contributed by atoms with Crippen LogP contribution in [0.3, 0.4) is 0 Å². The van der Waals surface area contributed by atoms with E-state index < -0.39 is 0 Å². The van der Waals surface area contributed by atoms with Gasteiger partial charge in [0, 0.05) is 39.1 Å². The number of likely N-dealkylation sites (N-methyl/N-ethyl adjacent to an activating group) is 1. The van der Waals surface area contributed by atoms with Gasteiger partial charge in [0.2, 0.25) is 5.91 Å². The third-order valence-corrected chi connectivity index (χ3v) is 4.45. The molecule has 0 spiro atoms. The Morgan fingerprint density at radius 2 is 1.79 bits per heavy atom. The molecule has 1 aromatic rings. The second-order valence-electron chi connectivity index (χ2n) is 6.24. The van der Waals surface area contributed by atoms with E-state index >= 15 is 0 Å². The molecular formula is C19H31N3O2. The number of carbonyl (C=O) groups is 1. The van der Waals surface area contributed by atoms with E-state index in [0.717, 1.165) is 51.3 Å². The molecule has 0 unspecified atom stereocenters. The van der Waals surface area contributed by atoms with Gasteiger partial charge < -0.3 is 19.9 Å². The molecule has 134 valence electrons. The van der Waals surface area contributed by atoms with Crippen molar-refractivity contribution in [3.63, 3.8) is 0 Å². The summed E-state index contributed by atoms with van der Waals surface area (Å²) in [5.74, 6) is 0.989. The van der Waals surface area contributed by atoms with Crippen molar-refractivity contribution in [2.45, 2.75) is 26.2 Å². The molecule has 0 atom stereocenters. The number of nitrogens with zero attached hydrogens (tertiary/aromatic N) is 2. The van der Waals surface area contributed by atoms with Crippen molar-refractivity contribution in [2.75, 3.05) is 52.4 Å². The summed E-state index contributed by atoms with van der Waals surface area (Å²) in [6.45, 7) is 10.4. The summed E-state index contributed by atoms with van der Waals surface area (Å²) >= 11 is 0. The van der Waals surface area contributed by atoms with Gasteiger partial charge in [-0.25, -0.2) is 0 Å². The minimum Gasteiger partial charge on any atom is -0.494 e. The first-order valence-electron chi connectivity index (χ1n) is 9.17. The highest BCUT2D eigenvalue weighted by molar-refractivity contribution is 5.75. The van der Waals surface area contributed by atoms with Crippen molar-refractivity contribution in [1.29, 1.82) is 0 Å². The lowest BCUT2D eigenvalue weighted by Crippen LogP contribution is -2.46. The molecule has 1 heterocycles. The van der Waals surface area contributed by atoms with E-state index in [-0.39, 0.29) is 5.91 Å². The summed E-state index contributed by atoms with van der Waals surface area (Å²) in [6.07, 6.45) is 2.31. The molecule has 1 aromatic carbocycles. The second kappa shape index (κ2) is 11.0. The van der Waals surface area contributed by atoms with E-state index in [9.17, 15) is 4.79 Å². The Morgan fingerprint density at radius 1 is 1.08 bits per heavy atom. The molecule has 1 aliphatic heterocycles. The normalized spacial score (nSPS) is 16.0. The fourth-order valence-electron chi connectivity index (χ4n) is 2.89. The van der Waals surface area contributed by atoms with Crippen molar-refractivity contribution < 1.29 is 9.53 Å². The lowest BCUT2D eigenvalue weighted by atomic mass is 10.2. The third-order valence-electron chi connectivity index (χ3n) is 4.45. The highest BCUT2D eigenvalue weighted by atomic mass is 16.5. The molecule has 5 heteroatoms. The number of amides is 1. The molecule has 0 aliphatic carbocycles. The summed E-state index contributed by atoms with van der Waals surface area (Å²) in [7, 11) is 0. The van der Waals surface area contributed by atoms with Gasteiger partial charge in [-0.2, -0.15) is 0 Å². The average molecular weight is 333 g/mol. The molecule has 1 saturated heterocycles. The van der Waals surface area contributed by atoms with E-state index in [1.54, 1.807) is 0 Å². The van der Waals surface area contributed by atoms with Crippen LogP contribution in [0.25, 0.3) is 0 Å². The van der Waals surface area contributed by atoms with Gasteiger partial charge in [-0.15, -0.1) is 0 Å². The molecule has 1 N–H and O–H groups in total. The van der Waals surface area contributed by atoms with Gasteiger partial charge in [0.1, 0.15) is 5.75 Å². The lowest BCUT2D eigenvalue weighted by molar-refractivity contribution is -0.121. The molecule has 0 saturated carbocycles. The number of nitrogens with one attached hydrogen (secondary N) is 1. The van der Waals surface area contributed by atoms with E-state index in [0.29, 0.717) is 13.0 Å². The van der Waals surface area contributed by atoms with Gasteiger partial charge in [-0.05, 0) is 38.1 Å². The van der Waals surface area contributed by atoms with Gasteiger partial charge in [0.25, 0.3) is 0 Å². The monoisotopic (exact) mass is 333 g/mol. The maximum atomic E-state index is 11.8. The van der Waals surface area contributed by atoms with Gasteiger partial charge >= 0.3 is 0 Å². The highest BCUT2D eigenvalue weighted by Crippen LogP contribution is 2.08. The minimum atomic E-state index is 0.127. The minimum absolute atomic E-state index is 0.127. The standard InChI is InChI=1S/C19H31N3O2/c1-2-21-13-15-22(16-14-21)12-7-11-20-19(23)10-6-17-24-18-8-4-3-5-9-18/h3-5,8-9H,2,6-7,10-17H2,1H3,(H,20,23). The zero-order chi connectivity index (χ0) is 17.0. The van der Waals surface area contributed by atoms with E-state index in [1.807, 2.05) is 30.3 Å².